The Hall–Kier alpha value is -2.40. The average Bonchev–Trinajstić information content (AvgIpc) is 2.86. The first-order chi connectivity index (χ1) is 13.5. The largest absolute Gasteiger partial charge is 0.417 e. The minimum Gasteiger partial charge on any atom is -0.337 e. The number of aryl methyl sites for hydroxylation is 2. The third-order valence-electron chi connectivity index (χ3n) is 4.90. The zero-order chi connectivity index (χ0) is 21.4. The fraction of sp³-hybridized carbons (Fsp3) is 0.444. The van der Waals surface area contributed by atoms with Crippen molar-refractivity contribution in [2.24, 2.45) is 7.05 Å². The van der Waals surface area contributed by atoms with Crippen LogP contribution >= 0.6 is 0 Å². The maximum atomic E-state index is 13.2. The van der Waals surface area contributed by atoms with Gasteiger partial charge in [0.1, 0.15) is 5.82 Å². The lowest BCUT2D eigenvalue weighted by atomic mass is 10.1. The smallest absolute Gasteiger partial charge is 0.337 e. The summed E-state index contributed by atoms with van der Waals surface area (Å²) in [4.78, 5) is 18.1. The summed E-state index contributed by atoms with van der Waals surface area (Å²) in [7, 11) is -2.17. The van der Waals surface area contributed by atoms with Gasteiger partial charge in [0.05, 0.1) is 11.1 Å². The monoisotopic (exact) mass is 430 g/mol. The SMILES string of the molecule is Cc1nc(S(=O)(=O)N2CCCN(C(=O)c3ccccc3C(F)(F)F)CC2)cn1C. The number of benzene rings is 1. The molecule has 0 unspecified atom stereocenters. The number of carbonyl (C=O) groups excluding carboxylic acids is 1. The number of imidazole rings is 1. The number of carbonyl (C=O) groups is 1. The Kier molecular flexibility index (Phi) is 5.72. The van der Waals surface area contributed by atoms with Crippen LogP contribution in [0.5, 0.6) is 0 Å². The van der Waals surface area contributed by atoms with Crippen LogP contribution < -0.4 is 0 Å². The summed E-state index contributed by atoms with van der Waals surface area (Å²) in [5.74, 6) is -0.218. The Bertz CT molecular complexity index is 998. The summed E-state index contributed by atoms with van der Waals surface area (Å²) in [5.41, 5.74) is -1.43. The van der Waals surface area contributed by atoms with Crippen molar-refractivity contribution >= 4 is 15.9 Å². The second-order valence-corrected chi connectivity index (χ2v) is 8.72. The standard InChI is InChI=1S/C18H21F3N4O3S/c1-13-22-16(12-23(13)2)29(27,28)25-9-5-8-24(10-11-25)17(26)14-6-3-4-7-15(14)18(19,20)21/h3-4,6-7,12H,5,8-11H2,1-2H3. The van der Waals surface area contributed by atoms with Crippen molar-refractivity contribution in [3.8, 4) is 0 Å². The highest BCUT2D eigenvalue weighted by atomic mass is 32.2. The number of nitrogens with zero attached hydrogens (tertiary/aromatic N) is 4. The van der Waals surface area contributed by atoms with Crippen LogP contribution in [0.4, 0.5) is 13.2 Å². The molecule has 1 saturated heterocycles. The van der Waals surface area contributed by atoms with Gasteiger partial charge in [-0.3, -0.25) is 4.79 Å². The first-order valence-corrected chi connectivity index (χ1v) is 10.4. The van der Waals surface area contributed by atoms with Gasteiger partial charge in [0, 0.05) is 39.4 Å². The van der Waals surface area contributed by atoms with Crippen LogP contribution in [-0.4, -0.2) is 59.3 Å². The fourth-order valence-electron chi connectivity index (χ4n) is 3.21. The second kappa shape index (κ2) is 7.79. The van der Waals surface area contributed by atoms with E-state index in [1.54, 1.807) is 18.5 Å². The minimum absolute atomic E-state index is 0.00390. The molecular formula is C18H21F3N4O3S. The first-order valence-electron chi connectivity index (χ1n) is 8.97. The number of hydrogen-bond acceptors (Lipinski definition) is 4. The summed E-state index contributed by atoms with van der Waals surface area (Å²) in [6.45, 7) is 1.98. The topological polar surface area (TPSA) is 75.5 Å². The number of hydrogen-bond donors (Lipinski definition) is 0. The fourth-order valence-corrected chi connectivity index (χ4v) is 4.70. The van der Waals surface area contributed by atoms with Crippen LogP contribution in [-0.2, 0) is 23.2 Å². The number of alkyl halides is 3. The molecule has 158 valence electrons. The lowest BCUT2D eigenvalue weighted by molar-refractivity contribution is -0.138. The van der Waals surface area contributed by atoms with Gasteiger partial charge in [0.25, 0.3) is 15.9 Å². The minimum atomic E-state index is -4.65. The highest BCUT2D eigenvalue weighted by Gasteiger charge is 2.37. The van der Waals surface area contributed by atoms with E-state index in [0.29, 0.717) is 12.2 Å². The van der Waals surface area contributed by atoms with Crippen LogP contribution in [0, 0.1) is 6.92 Å². The van der Waals surface area contributed by atoms with E-state index in [0.717, 1.165) is 12.1 Å². The Morgan fingerprint density at radius 1 is 1.10 bits per heavy atom. The molecule has 1 aromatic carbocycles. The lowest BCUT2D eigenvalue weighted by Crippen LogP contribution is -2.38. The molecule has 0 atom stereocenters. The van der Waals surface area contributed by atoms with Crippen LogP contribution in [0.2, 0.25) is 0 Å². The normalized spacial score (nSPS) is 16.7. The zero-order valence-electron chi connectivity index (χ0n) is 16.0. The third-order valence-corrected chi connectivity index (χ3v) is 6.67. The van der Waals surface area contributed by atoms with Crippen molar-refractivity contribution in [2.75, 3.05) is 26.2 Å². The van der Waals surface area contributed by atoms with Crippen molar-refractivity contribution < 1.29 is 26.4 Å². The van der Waals surface area contributed by atoms with E-state index in [4.69, 9.17) is 0 Å². The Labute approximate surface area is 166 Å². The van der Waals surface area contributed by atoms with Crippen molar-refractivity contribution in [3.63, 3.8) is 0 Å². The van der Waals surface area contributed by atoms with Gasteiger partial charge in [-0.25, -0.2) is 13.4 Å². The molecule has 11 heteroatoms. The second-order valence-electron chi connectivity index (χ2n) is 6.83. The predicted molar refractivity (Wildman–Crippen MR) is 98.7 cm³/mol. The molecule has 0 spiro atoms. The van der Waals surface area contributed by atoms with E-state index in [1.807, 2.05) is 0 Å². The molecular weight excluding hydrogens is 409 g/mol. The quantitative estimate of drug-likeness (QED) is 0.749. The molecule has 1 fully saturated rings. The summed E-state index contributed by atoms with van der Waals surface area (Å²) in [6, 6.07) is 4.61. The van der Waals surface area contributed by atoms with Crippen LogP contribution in [0.1, 0.15) is 28.2 Å². The summed E-state index contributed by atoms with van der Waals surface area (Å²) in [5, 5.41) is -0.0836. The molecule has 1 aromatic heterocycles. The molecule has 0 N–H and O–H groups in total. The Morgan fingerprint density at radius 3 is 2.41 bits per heavy atom. The van der Waals surface area contributed by atoms with E-state index in [2.05, 4.69) is 4.98 Å². The maximum absolute atomic E-state index is 13.2. The zero-order valence-corrected chi connectivity index (χ0v) is 16.8. The Morgan fingerprint density at radius 2 is 1.79 bits per heavy atom. The van der Waals surface area contributed by atoms with Gasteiger partial charge in [0.2, 0.25) is 0 Å². The molecule has 7 nitrogen and oxygen atoms in total. The van der Waals surface area contributed by atoms with Gasteiger partial charge in [0.15, 0.2) is 5.03 Å². The summed E-state index contributed by atoms with van der Waals surface area (Å²) < 4.78 is 68.2. The molecule has 0 radical (unpaired) electrons. The molecule has 0 saturated carbocycles. The van der Waals surface area contributed by atoms with E-state index in [1.165, 1.54) is 27.5 Å². The molecule has 1 aliphatic rings. The lowest BCUT2D eigenvalue weighted by Gasteiger charge is -2.23. The van der Waals surface area contributed by atoms with Crippen LogP contribution in [0.15, 0.2) is 35.5 Å². The van der Waals surface area contributed by atoms with Gasteiger partial charge in [-0.05, 0) is 25.5 Å². The molecule has 2 heterocycles. The molecule has 1 amide bonds. The number of amides is 1. The Balaban J connectivity index is 1.79. The highest BCUT2D eigenvalue weighted by Crippen LogP contribution is 2.32. The van der Waals surface area contributed by atoms with Gasteiger partial charge < -0.3 is 9.47 Å². The highest BCUT2D eigenvalue weighted by molar-refractivity contribution is 7.89. The van der Waals surface area contributed by atoms with Gasteiger partial charge in [-0.1, -0.05) is 12.1 Å². The number of aromatic nitrogens is 2. The molecule has 29 heavy (non-hydrogen) atoms. The van der Waals surface area contributed by atoms with Gasteiger partial charge in [-0.15, -0.1) is 0 Å². The average molecular weight is 430 g/mol. The molecule has 0 aliphatic carbocycles. The van der Waals surface area contributed by atoms with Crippen molar-refractivity contribution in [1.82, 2.24) is 18.8 Å². The van der Waals surface area contributed by atoms with E-state index in [9.17, 15) is 26.4 Å². The number of sulfonamides is 1. The van der Waals surface area contributed by atoms with Crippen molar-refractivity contribution in [3.05, 3.63) is 47.4 Å². The van der Waals surface area contributed by atoms with E-state index < -0.39 is 33.2 Å². The summed E-state index contributed by atoms with van der Waals surface area (Å²) >= 11 is 0. The van der Waals surface area contributed by atoms with Crippen LogP contribution in [0.25, 0.3) is 0 Å². The van der Waals surface area contributed by atoms with E-state index in [-0.39, 0.29) is 31.2 Å². The van der Waals surface area contributed by atoms with Crippen LogP contribution in [0.3, 0.4) is 0 Å². The van der Waals surface area contributed by atoms with Crippen molar-refractivity contribution in [1.29, 1.82) is 0 Å². The van der Waals surface area contributed by atoms with Gasteiger partial charge >= 0.3 is 6.18 Å². The summed E-state index contributed by atoms with van der Waals surface area (Å²) in [6.07, 6.45) is -2.92. The molecule has 3 rings (SSSR count). The molecule has 0 bridgehead atoms. The number of halogens is 3. The molecule has 1 aliphatic heterocycles. The number of rotatable bonds is 3. The third kappa shape index (κ3) is 4.30. The van der Waals surface area contributed by atoms with Gasteiger partial charge in [-0.2, -0.15) is 17.5 Å². The van der Waals surface area contributed by atoms with Crippen molar-refractivity contribution in [2.45, 2.75) is 24.5 Å². The maximum Gasteiger partial charge on any atom is 0.417 e. The van der Waals surface area contributed by atoms with E-state index >= 15 is 0 Å². The predicted octanol–water partition coefficient (Wildman–Crippen LogP) is 2.28. The first kappa shape index (κ1) is 21.3. The molecule has 2 aromatic rings.